The summed E-state index contributed by atoms with van der Waals surface area (Å²) < 4.78 is 1.85. The van der Waals surface area contributed by atoms with Crippen LogP contribution in [0.25, 0.3) is 0 Å². The first-order valence-corrected chi connectivity index (χ1v) is 7.11. The van der Waals surface area contributed by atoms with Gasteiger partial charge in [0.2, 0.25) is 0 Å². The molecule has 5 heteroatoms. The molecule has 0 amide bonds. The molecule has 0 radical (unpaired) electrons. The van der Waals surface area contributed by atoms with Gasteiger partial charge >= 0.3 is 0 Å². The average molecular weight is 267 g/mol. The Morgan fingerprint density at radius 2 is 2.05 bits per heavy atom. The van der Waals surface area contributed by atoms with E-state index < -0.39 is 0 Å². The normalized spacial score (nSPS) is 14.1. The summed E-state index contributed by atoms with van der Waals surface area (Å²) in [5.74, 6) is 5.82. The lowest BCUT2D eigenvalue weighted by Gasteiger charge is -2.45. The molecular formula is C14H29N5. The number of hydrazine groups is 1. The first kappa shape index (κ1) is 16.1. The van der Waals surface area contributed by atoms with E-state index in [9.17, 15) is 0 Å². The number of nitrogens with one attached hydrogen (secondary N) is 1. The summed E-state index contributed by atoms with van der Waals surface area (Å²) in [6.07, 6.45) is 8.18. The molecular weight excluding hydrogens is 238 g/mol. The third-order valence-corrected chi connectivity index (χ3v) is 4.44. The molecule has 5 nitrogen and oxygen atoms in total. The van der Waals surface area contributed by atoms with E-state index in [2.05, 4.69) is 49.6 Å². The minimum atomic E-state index is 0.108. The summed E-state index contributed by atoms with van der Waals surface area (Å²) in [6, 6.07) is 0.276. The average Bonchev–Trinajstić information content (AvgIpc) is 2.80. The number of nitrogens with zero attached hydrogens (tertiary/aromatic N) is 3. The first-order valence-electron chi connectivity index (χ1n) is 7.11. The maximum absolute atomic E-state index is 5.82. The van der Waals surface area contributed by atoms with Gasteiger partial charge in [-0.3, -0.25) is 16.0 Å². The molecule has 0 aromatic carbocycles. The number of aromatic nitrogens is 2. The first-order chi connectivity index (χ1) is 9.00. The van der Waals surface area contributed by atoms with Gasteiger partial charge in [0.15, 0.2) is 0 Å². The quantitative estimate of drug-likeness (QED) is 0.551. The topological polar surface area (TPSA) is 59.1 Å². The van der Waals surface area contributed by atoms with Crippen LogP contribution >= 0.6 is 0 Å². The zero-order valence-corrected chi connectivity index (χ0v) is 13.0. The van der Waals surface area contributed by atoms with Crippen molar-refractivity contribution in [2.75, 3.05) is 14.1 Å². The van der Waals surface area contributed by atoms with E-state index in [-0.39, 0.29) is 11.6 Å². The molecule has 0 aliphatic carbocycles. The highest BCUT2D eigenvalue weighted by molar-refractivity contribution is 5.06. The molecule has 19 heavy (non-hydrogen) atoms. The van der Waals surface area contributed by atoms with Crippen molar-refractivity contribution in [3.8, 4) is 0 Å². The lowest BCUT2D eigenvalue weighted by molar-refractivity contribution is 0.0843. The molecule has 0 saturated carbocycles. The maximum atomic E-state index is 5.82. The van der Waals surface area contributed by atoms with Crippen molar-refractivity contribution in [2.45, 2.75) is 51.1 Å². The molecule has 0 fully saturated rings. The van der Waals surface area contributed by atoms with Gasteiger partial charge in [-0.05, 0) is 45.3 Å². The SMILES string of the molecule is CCC(CC)(C(CCc1cnn(C)c1)NN)N(C)C. The minimum absolute atomic E-state index is 0.108. The molecule has 110 valence electrons. The Morgan fingerprint density at radius 3 is 2.42 bits per heavy atom. The van der Waals surface area contributed by atoms with Crippen molar-refractivity contribution < 1.29 is 0 Å². The minimum Gasteiger partial charge on any atom is -0.302 e. The Hall–Kier alpha value is -0.910. The summed E-state index contributed by atoms with van der Waals surface area (Å²) in [7, 11) is 6.23. The van der Waals surface area contributed by atoms with Crippen LogP contribution in [0.15, 0.2) is 12.4 Å². The van der Waals surface area contributed by atoms with Gasteiger partial charge < -0.3 is 4.90 Å². The molecule has 0 saturated heterocycles. The van der Waals surface area contributed by atoms with E-state index in [0.717, 1.165) is 25.7 Å². The van der Waals surface area contributed by atoms with Crippen LogP contribution in [0.5, 0.6) is 0 Å². The van der Waals surface area contributed by atoms with Crippen molar-refractivity contribution in [1.29, 1.82) is 0 Å². The fraction of sp³-hybridized carbons (Fsp3) is 0.786. The highest BCUT2D eigenvalue weighted by Gasteiger charge is 2.36. The largest absolute Gasteiger partial charge is 0.302 e. The summed E-state index contributed by atoms with van der Waals surface area (Å²) in [5, 5.41) is 4.21. The third kappa shape index (κ3) is 3.55. The second kappa shape index (κ2) is 7.03. The molecule has 0 spiro atoms. The van der Waals surface area contributed by atoms with E-state index in [1.165, 1.54) is 5.56 Å². The molecule has 3 N–H and O–H groups in total. The van der Waals surface area contributed by atoms with E-state index in [1.54, 1.807) is 0 Å². The third-order valence-electron chi connectivity index (χ3n) is 4.44. The standard InChI is InChI=1S/C14H29N5/c1-6-14(7-2,18(3)4)13(17-15)9-8-12-10-16-19(5)11-12/h10-11,13,17H,6-9,15H2,1-5H3. The lowest BCUT2D eigenvalue weighted by Crippen LogP contribution is -2.60. The number of rotatable bonds is 8. The van der Waals surface area contributed by atoms with Crippen LogP contribution in [-0.4, -0.2) is 40.4 Å². The van der Waals surface area contributed by atoms with Crippen LogP contribution in [-0.2, 0) is 13.5 Å². The number of nitrogens with two attached hydrogens (primary N) is 1. The van der Waals surface area contributed by atoms with Crippen LogP contribution in [0.2, 0.25) is 0 Å². The predicted molar refractivity (Wildman–Crippen MR) is 79.6 cm³/mol. The van der Waals surface area contributed by atoms with Gasteiger partial charge in [-0.25, -0.2) is 0 Å². The van der Waals surface area contributed by atoms with Crippen LogP contribution in [0.3, 0.4) is 0 Å². The van der Waals surface area contributed by atoms with Crippen LogP contribution < -0.4 is 11.3 Å². The van der Waals surface area contributed by atoms with Gasteiger partial charge in [0, 0.05) is 24.8 Å². The molecule has 0 bridgehead atoms. The molecule has 0 aliphatic rings. The maximum Gasteiger partial charge on any atom is 0.0521 e. The van der Waals surface area contributed by atoms with Crippen LogP contribution in [0.4, 0.5) is 0 Å². The fourth-order valence-corrected chi connectivity index (χ4v) is 3.11. The van der Waals surface area contributed by atoms with Crippen molar-refractivity contribution in [3.05, 3.63) is 18.0 Å². The Balaban J connectivity index is 2.75. The lowest BCUT2D eigenvalue weighted by atomic mass is 9.81. The summed E-state index contributed by atoms with van der Waals surface area (Å²) in [6.45, 7) is 4.47. The highest BCUT2D eigenvalue weighted by atomic mass is 15.3. The second-order valence-electron chi connectivity index (χ2n) is 5.49. The molecule has 0 aliphatic heterocycles. The number of likely N-dealkylation sites (N-methyl/N-ethyl adjacent to an activating group) is 1. The van der Waals surface area contributed by atoms with Crippen molar-refractivity contribution in [1.82, 2.24) is 20.1 Å². The summed E-state index contributed by atoms with van der Waals surface area (Å²) in [4.78, 5) is 2.31. The molecule has 1 heterocycles. The van der Waals surface area contributed by atoms with Gasteiger partial charge in [-0.1, -0.05) is 13.8 Å². The summed E-state index contributed by atoms with van der Waals surface area (Å²) in [5.41, 5.74) is 4.41. The van der Waals surface area contributed by atoms with Gasteiger partial charge in [0.1, 0.15) is 0 Å². The zero-order valence-electron chi connectivity index (χ0n) is 13.0. The predicted octanol–water partition coefficient (Wildman–Crippen LogP) is 1.31. The number of aryl methyl sites for hydroxylation is 2. The van der Waals surface area contributed by atoms with Crippen LogP contribution in [0.1, 0.15) is 38.7 Å². The fourth-order valence-electron chi connectivity index (χ4n) is 3.11. The van der Waals surface area contributed by atoms with Crippen molar-refractivity contribution >= 4 is 0 Å². The summed E-state index contributed by atoms with van der Waals surface area (Å²) >= 11 is 0. The van der Waals surface area contributed by atoms with Gasteiger partial charge in [-0.2, -0.15) is 5.10 Å². The van der Waals surface area contributed by atoms with E-state index >= 15 is 0 Å². The molecule has 1 atom stereocenters. The van der Waals surface area contributed by atoms with E-state index in [0.29, 0.717) is 0 Å². The van der Waals surface area contributed by atoms with Crippen LogP contribution in [0, 0.1) is 0 Å². The Morgan fingerprint density at radius 1 is 1.42 bits per heavy atom. The van der Waals surface area contributed by atoms with E-state index in [1.807, 2.05) is 17.9 Å². The number of hydrogen-bond donors (Lipinski definition) is 2. The highest BCUT2D eigenvalue weighted by Crippen LogP contribution is 2.28. The Labute approximate surface area is 117 Å². The zero-order chi connectivity index (χ0) is 14.5. The monoisotopic (exact) mass is 267 g/mol. The Bertz CT molecular complexity index is 368. The van der Waals surface area contributed by atoms with Crippen molar-refractivity contribution in [2.24, 2.45) is 12.9 Å². The smallest absolute Gasteiger partial charge is 0.0521 e. The van der Waals surface area contributed by atoms with E-state index in [4.69, 9.17) is 5.84 Å². The molecule has 1 aromatic heterocycles. The van der Waals surface area contributed by atoms with Gasteiger partial charge in [0.25, 0.3) is 0 Å². The number of hydrogen-bond acceptors (Lipinski definition) is 4. The molecule has 1 aromatic rings. The van der Waals surface area contributed by atoms with Crippen molar-refractivity contribution in [3.63, 3.8) is 0 Å². The van der Waals surface area contributed by atoms with Gasteiger partial charge in [-0.15, -0.1) is 0 Å². The van der Waals surface area contributed by atoms with Gasteiger partial charge in [0.05, 0.1) is 6.20 Å². The molecule has 1 unspecified atom stereocenters. The Kier molecular flexibility index (Phi) is 5.97. The second-order valence-corrected chi connectivity index (χ2v) is 5.49. The molecule has 1 rings (SSSR count).